The van der Waals surface area contributed by atoms with Crippen molar-refractivity contribution in [3.8, 4) is 0 Å². The van der Waals surface area contributed by atoms with Gasteiger partial charge in [-0.15, -0.1) is 5.11 Å². The van der Waals surface area contributed by atoms with E-state index in [-0.39, 0.29) is 0 Å². The van der Waals surface area contributed by atoms with Crippen LogP contribution in [0.25, 0.3) is 0 Å². The Morgan fingerprint density at radius 1 is 0.731 bits per heavy atom. The molecule has 0 saturated heterocycles. The molecule has 0 radical (unpaired) electrons. The van der Waals surface area contributed by atoms with Gasteiger partial charge in [0.1, 0.15) is 5.69 Å². The number of nitrogens with one attached hydrogen (secondary N) is 1. The average molecular weight is 342 g/mol. The number of rotatable bonds is 5. The van der Waals surface area contributed by atoms with Crippen LogP contribution in [0.3, 0.4) is 0 Å². The predicted molar refractivity (Wildman–Crippen MR) is 110 cm³/mol. The second-order valence-corrected chi connectivity index (χ2v) is 6.34. The molecule has 1 N–H and O–H groups in total. The third-order valence-electron chi connectivity index (χ3n) is 4.10. The van der Waals surface area contributed by atoms with Crippen molar-refractivity contribution in [2.75, 3.05) is 5.32 Å². The van der Waals surface area contributed by atoms with Gasteiger partial charge in [-0.2, -0.15) is 5.11 Å². The lowest BCUT2D eigenvalue weighted by molar-refractivity contribution is 1.22. The van der Waals surface area contributed by atoms with Gasteiger partial charge in [0.15, 0.2) is 0 Å². The summed E-state index contributed by atoms with van der Waals surface area (Å²) in [6.45, 7) is 9.80. The molecule has 0 fully saturated rings. The van der Waals surface area contributed by atoms with Gasteiger partial charge in [0, 0.05) is 11.4 Å². The smallest absolute Gasteiger partial charge is 0.111 e. The average Bonchev–Trinajstić information content (AvgIpc) is 2.64. The van der Waals surface area contributed by atoms with Crippen LogP contribution in [-0.4, -0.2) is 6.72 Å². The predicted octanol–water partition coefficient (Wildman–Crippen LogP) is 7.10. The topological polar surface area (TPSA) is 49.1 Å². The summed E-state index contributed by atoms with van der Waals surface area (Å²) in [6.07, 6.45) is 0. The maximum atomic E-state index is 4.30. The fourth-order valence-electron chi connectivity index (χ4n) is 2.68. The Bertz CT molecular complexity index is 956. The fraction of sp³-hybridized carbons (Fsp3) is 0.136. The van der Waals surface area contributed by atoms with E-state index in [1.54, 1.807) is 0 Å². The van der Waals surface area contributed by atoms with E-state index in [1.807, 2.05) is 49.4 Å². The molecule has 0 unspecified atom stereocenters. The first-order valence-corrected chi connectivity index (χ1v) is 8.48. The van der Waals surface area contributed by atoms with Crippen molar-refractivity contribution in [3.63, 3.8) is 0 Å². The molecule has 130 valence electrons. The SMILES string of the molecule is C=Nc1cc(C)ccc1N=Nc1ccc(Nc2ccc(C)cc2C)cc1. The maximum absolute atomic E-state index is 4.30. The molecule has 0 saturated carbocycles. The van der Waals surface area contributed by atoms with Crippen LogP contribution in [-0.2, 0) is 0 Å². The standard InChI is InChI=1S/C22H22N4/c1-15-5-11-20(17(3)13-15)24-18-7-9-19(10-8-18)25-26-21-12-6-16(2)14-22(21)23-4/h5-14,24H,4H2,1-3H3. The Kier molecular flexibility index (Phi) is 5.23. The van der Waals surface area contributed by atoms with Crippen LogP contribution < -0.4 is 5.32 Å². The largest absolute Gasteiger partial charge is 0.355 e. The van der Waals surface area contributed by atoms with Gasteiger partial charge >= 0.3 is 0 Å². The van der Waals surface area contributed by atoms with Gasteiger partial charge in [0.2, 0.25) is 0 Å². The van der Waals surface area contributed by atoms with Crippen LogP contribution in [0, 0.1) is 20.8 Å². The second kappa shape index (κ2) is 7.74. The third-order valence-corrected chi connectivity index (χ3v) is 4.10. The minimum Gasteiger partial charge on any atom is -0.355 e. The molecule has 4 heteroatoms. The number of benzene rings is 3. The highest BCUT2D eigenvalue weighted by Crippen LogP contribution is 2.30. The van der Waals surface area contributed by atoms with Crippen molar-refractivity contribution >= 4 is 35.2 Å². The highest BCUT2D eigenvalue weighted by atomic mass is 15.1. The Labute approximate surface area is 154 Å². The Balaban J connectivity index is 1.74. The van der Waals surface area contributed by atoms with Crippen molar-refractivity contribution < 1.29 is 0 Å². The highest BCUT2D eigenvalue weighted by molar-refractivity contribution is 5.66. The van der Waals surface area contributed by atoms with E-state index >= 15 is 0 Å². The van der Waals surface area contributed by atoms with Crippen molar-refractivity contribution in [1.82, 2.24) is 0 Å². The summed E-state index contributed by atoms with van der Waals surface area (Å²) < 4.78 is 0. The van der Waals surface area contributed by atoms with Gasteiger partial charge in [0.05, 0.1) is 11.4 Å². The molecule has 0 aliphatic heterocycles. The number of hydrogen-bond donors (Lipinski definition) is 1. The highest BCUT2D eigenvalue weighted by Gasteiger charge is 2.01. The first-order chi connectivity index (χ1) is 12.5. The summed E-state index contributed by atoms with van der Waals surface area (Å²) in [4.78, 5) is 4.01. The van der Waals surface area contributed by atoms with Gasteiger partial charge in [-0.25, -0.2) is 0 Å². The minimum absolute atomic E-state index is 0.711. The van der Waals surface area contributed by atoms with Gasteiger partial charge < -0.3 is 5.32 Å². The Morgan fingerprint density at radius 3 is 2.12 bits per heavy atom. The van der Waals surface area contributed by atoms with Gasteiger partial charge in [0.25, 0.3) is 0 Å². The van der Waals surface area contributed by atoms with Gasteiger partial charge in [-0.3, -0.25) is 4.99 Å². The van der Waals surface area contributed by atoms with Crippen LogP contribution in [0.4, 0.5) is 28.4 Å². The molecule has 3 aromatic rings. The lowest BCUT2D eigenvalue weighted by Gasteiger charge is -2.10. The van der Waals surface area contributed by atoms with Crippen LogP contribution >= 0.6 is 0 Å². The second-order valence-electron chi connectivity index (χ2n) is 6.34. The van der Waals surface area contributed by atoms with E-state index in [0.29, 0.717) is 5.69 Å². The van der Waals surface area contributed by atoms with Crippen molar-refractivity contribution in [2.45, 2.75) is 20.8 Å². The summed E-state index contributed by atoms with van der Waals surface area (Å²) in [5.74, 6) is 0. The molecule has 0 bridgehead atoms. The molecular weight excluding hydrogens is 320 g/mol. The first kappa shape index (κ1) is 17.5. The molecule has 3 rings (SSSR count). The van der Waals surface area contributed by atoms with E-state index < -0.39 is 0 Å². The van der Waals surface area contributed by atoms with E-state index in [4.69, 9.17) is 0 Å². The van der Waals surface area contributed by atoms with Crippen molar-refractivity contribution in [3.05, 3.63) is 77.4 Å². The summed E-state index contributed by atoms with van der Waals surface area (Å²) in [5.41, 5.74) is 7.95. The monoisotopic (exact) mass is 342 g/mol. The number of aryl methyl sites for hydroxylation is 3. The Hall–Kier alpha value is -3.27. The van der Waals surface area contributed by atoms with Crippen LogP contribution in [0.1, 0.15) is 16.7 Å². The van der Waals surface area contributed by atoms with Crippen molar-refractivity contribution in [1.29, 1.82) is 0 Å². The lowest BCUT2D eigenvalue weighted by atomic mass is 10.1. The zero-order valence-electron chi connectivity index (χ0n) is 15.3. The number of aliphatic imine (C=N–C) groups is 1. The van der Waals surface area contributed by atoms with Crippen LogP contribution in [0.5, 0.6) is 0 Å². The summed E-state index contributed by atoms with van der Waals surface area (Å²) in [5, 5.41) is 12.0. The normalized spacial score (nSPS) is 10.9. The zero-order chi connectivity index (χ0) is 18.5. The number of hydrogen-bond acceptors (Lipinski definition) is 4. The van der Waals surface area contributed by atoms with Gasteiger partial charge in [-0.05, 0) is 81.1 Å². The molecule has 0 spiro atoms. The molecule has 0 aromatic heterocycles. The number of nitrogens with zero attached hydrogens (tertiary/aromatic N) is 3. The molecule has 4 nitrogen and oxygen atoms in total. The zero-order valence-corrected chi connectivity index (χ0v) is 15.3. The minimum atomic E-state index is 0.711. The summed E-state index contributed by atoms with van der Waals surface area (Å²) in [7, 11) is 0. The number of anilines is 2. The molecule has 0 aliphatic carbocycles. The fourth-order valence-corrected chi connectivity index (χ4v) is 2.68. The van der Waals surface area contributed by atoms with E-state index in [1.165, 1.54) is 11.1 Å². The van der Waals surface area contributed by atoms with E-state index in [2.05, 4.69) is 59.3 Å². The summed E-state index contributed by atoms with van der Waals surface area (Å²) in [6, 6.07) is 20.1. The molecule has 3 aromatic carbocycles. The summed E-state index contributed by atoms with van der Waals surface area (Å²) >= 11 is 0. The molecule has 26 heavy (non-hydrogen) atoms. The molecule has 0 heterocycles. The lowest BCUT2D eigenvalue weighted by Crippen LogP contribution is -1.93. The quantitative estimate of drug-likeness (QED) is 0.390. The molecule has 0 amide bonds. The first-order valence-electron chi connectivity index (χ1n) is 8.48. The van der Waals surface area contributed by atoms with Gasteiger partial charge in [-0.1, -0.05) is 23.8 Å². The molecular formula is C22H22N4. The van der Waals surface area contributed by atoms with Crippen LogP contribution in [0.15, 0.2) is 75.9 Å². The van der Waals surface area contributed by atoms with E-state index in [9.17, 15) is 0 Å². The molecule has 0 aliphatic rings. The Morgan fingerprint density at radius 2 is 1.42 bits per heavy atom. The van der Waals surface area contributed by atoms with E-state index in [0.717, 1.165) is 28.3 Å². The van der Waals surface area contributed by atoms with Crippen LogP contribution in [0.2, 0.25) is 0 Å². The maximum Gasteiger partial charge on any atom is 0.111 e. The number of azo groups is 1. The molecule has 0 atom stereocenters. The third kappa shape index (κ3) is 4.22. The van der Waals surface area contributed by atoms with Crippen molar-refractivity contribution in [2.24, 2.45) is 15.2 Å².